The van der Waals surface area contributed by atoms with Crippen LogP contribution in [-0.2, 0) is 10.8 Å². The molecular formula is C12H27NOS. The normalized spacial score (nSPS) is 17.7. The summed E-state index contributed by atoms with van der Waals surface area (Å²) in [5.74, 6) is 1.32. The third-order valence-corrected chi connectivity index (χ3v) is 4.95. The Bertz CT molecular complexity index is 176. The van der Waals surface area contributed by atoms with Crippen LogP contribution in [0, 0.1) is 5.92 Å². The van der Waals surface area contributed by atoms with E-state index in [1.807, 2.05) is 0 Å². The summed E-state index contributed by atoms with van der Waals surface area (Å²) in [5.41, 5.74) is 0. The molecule has 0 aliphatic heterocycles. The minimum atomic E-state index is -0.690. The molecule has 0 saturated heterocycles. The zero-order valence-corrected chi connectivity index (χ0v) is 11.7. The highest BCUT2D eigenvalue weighted by atomic mass is 32.2. The van der Waals surface area contributed by atoms with Gasteiger partial charge in [-0.15, -0.1) is 0 Å². The smallest absolute Gasteiger partial charge is 0.0391 e. The fourth-order valence-corrected chi connectivity index (χ4v) is 3.13. The lowest BCUT2D eigenvalue weighted by atomic mass is 10.2. The highest BCUT2D eigenvalue weighted by Crippen LogP contribution is 2.11. The first-order valence-corrected chi connectivity index (χ1v) is 7.51. The van der Waals surface area contributed by atoms with Gasteiger partial charge in [-0.25, -0.2) is 0 Å². The van der Waals surface area contributed by atoms with E-state index in [4.69, 9.17) is 0 Å². The van der Waals surface area contributed by atoms with Crippen molar-refractivity contribution in [1.29, 1.82) is 0 Å². The summed E-state index contributed by atoms with van der Waals surface area (Å²) in [6.45, 7) is 11.6. The summed E-state index contributed by atoms with van der Waals surface area (Å²) in [6.07, 6.45) is 2.29. The van der Waals surface area contributed by atoms with Gasteiger partial charge in [-0.3, -0.25) is 4.21 Å². The lowest BCUT2D eigenvalue weighted by Crippen LogP contribution is -2.36. The summed E-state index contributed by atoms with van der Waals surface area (Å²) in [6, 6.07) is 0.432. The molecule has 0 heterocycles. The molecule has 0 aromatic rings. The largest absolute Gasteiger partial charge is 0.313 e. The molecule has 3 unspecified atom stereocenters. The molecule has 0 aromatic heterocycles. The van der Waals surface area contributed by atoms with Crippen molar-refractivity contribution in [3.05, 3.63) is 0 Å². The van der Waals surface area contributed by atoms with Crippen LogP contribution in [0.4, 0.5) is 0 Å². The van der Waals surface area contributed by atoms with E-state index in [0.29, 0.717) is 17.2 Å². The number of hydrogen-bond donors (Lipinski definition) is 1. The van der Waals surface area contributed by atoms with Crippen LogP contribution in [0.15, 0.2) is 0 Å². The predicted molar refractivity (Wildman–Crippen MR) is 69.7 cm³/mol. The van der Waals surface area contributed by atoms with E-state index in [1.54, 1.807) is 0 Å². The maximum atomic E-state index is 12.0. The van der Waals surface area contributed by atoms with E-state index in [1.165, 1.54) is 0 Å². The van der Waals surface area contributed by atoms with Crippen molar-refractivity contribution in [2.24, 2.45) is 5.92 Å². The Hall–Kier alpha value is 0.110. The predicted octanol–water partition coefficient (Wildman–Crippen LogP) is 2.56. The molecule has 3 heteroatoms. The van der Waals surface area contributed by atoms with E-state index < -0.39 is 10.8 Å². The van der Waals surface area contributed by atoms with Gasteiger partial charge in [0.1, 0.15) is 0 Å². The minimum Gasteiger partial charge on any atom is -0.313 e. The first-order chi connectivity index (χ1) is 7.02. The second-order valence-corrected chi connectivity index (χ2v) is 6.38. The molecule has 15 heavy (non-hydrogen) atoms. The van der Waals surface area contributed by atoms with E-state index in [-0.39, 0.29) is 0 Å². The van der Waals surface area contributed by atoms with Gasteiger partial charge in [0.15, 0.2) is 0 Å². The van der Waals surface area contributed by atoms with Crippen LogP contribution in [0.5, 0.6) is 0 Å². The number of hydrogen-bond acceptors (Lipinski definition) is 2. The number of rotatable bonds is 8. The van der Waals surface area contributed by atoms with Crippen LogP contribution in [-0.4, -0.2) is 27.8 Å². The first-order valence-electron chi connectivity index (χ1n) is 6.13. The average Bonchev–Trinajstić information content (AvgIpc) is 2.17. The Balaban J connectivity index is 4.09. The van der Waals surface area contributed by atoms with Crippen LogP contribution in [0.2, 0.25) is 0 Å². The van der Waals surface area contributed by atoms with Gasteiger partial charge in [-0.2, -0.15) is 0 Å². The summed E-state index contributed by atoms with van der Waals surface area (Å²) < 4.78 is 12.0. The monoisotopic (exact) mass is 233 g/mol. The quantitative estimate of drug-likeness (QED) is 0.698. The Kier molecular flexibility index (Phi) is 8.34. The number of nitrogens with one attached hydrogen (secondary N) is 1. The second-order valence-electron chi connectivity index (χ2n) is 4.54. The highest BCUT2D eigenvalue weighted by Gasteiger charge is 2.18. The van der Waals surface area contributed by atoms with Gasteiger partial charge >= 0.3 is 0 Å². The molecular weight excluding hydrogens is 206 g/mol. The van der Waals surface area contributed by atoms with Gasteiger partial charge in [-0.05, 0) is 18.9 Å². The van der Waals surface area contributed by atoms with Crippen molar-refractivity contribution in [2.75, 3.05) is 12.3 Å². The molecule has 92 valence electrons. The van der Waals surface area contributed by atoms with Gasteiger partial charge in [-0.1, -0.05) is 41.0 Å². The second kappa shape index (κ2) is 8.28. The van der Waals surface area contributed by atoms with Crippen molar-refractivity contribution < 1.29 is 4.21 Å². The third-order valence-electron chi connectivity index (χ3n) is 2.85. The Labute approximate surface area is 97.7 Å². The van der Waals surface area contributed by atoms with Gasteiger partial charge in [0.2, 0.25) is 0 Å². The van der Waals surface area contributed by atoms with Crippen LogP contribution in [0.3, 0.4) is 0 Å². The fourth-order valence-electron chi connectivity index (χ4n) is 1.54. The fraction of sp³-hybridized carbons (Fsp3) is 1.00. The molecule has 0 rings (SSSR count). The maximum absolute atomic E-state index is 12.0. The zero-order chi connectivity index (χ0) is 11.8. The standard InChI is InChI=1S/C12H27NOS/c1-6-8-12(13-7-2)9-15(14)11(5)10(3)4/h10-13H,6-9H2,1-5H3. The molecule has 2 nitrogen and oxygen atoms in total. The van der Waals surface area contributed by atoms with E-state index in [0.717, 1.165) is 25.1 Å². The topological polar surface area (TPSA) is 29.1 Å². The molecule has 0 aliphatic carbocycles. The lowest BCUT2D eigenvalue weighted by Gasteiger charge is -2.21. The molecule has 0 spiro atoms. The molecule has 3 atom stereocenters. The van der Waals surface area contributed by atoms with E-state index in [2.05, 4.69) is 39.9 Å². The molecule has 0 aromatic carbocycles. The summed E-state index contributed by atoms with van der Waals surface area (Å²) >= 11 is 0. The average molecular weight is 233 g/mol. The molecule has 1 N–H and O–H groups in total. The van der Waals surface area contributed by atoms with Crippen LogP contribution in [0.1, 0.15) is 47.5 Å². The summed E-state index contributed by atoms with van der Waals surface area (Å²) in [5, 5.41) is 3.72. The van der Waals surface area contributed by atoms with E-state index in [9.17, 15) is 4.21 Å². The van der Waals surface area contributed by atoms with Crippen LogP contribution < -0.4 is 5.32 Å². The minimum absolute atomic E-state index is 0.308. The lowest BCUT2D eigenvalue weighted by molar-refractivity contribution is 0.520. The van der Waals surface area contributed by atoms with Crippen molar-refractivity contribution in [1.82, 2.24) is 5.32 Å². The van der Waals surface area contributed by atoms with Gasteiger partial charge in [0.25, 0.3) is 0 Å². The van der Waals surface area contributed by atoms with E-state index >= 15 is 0 Å². The molecule has 0 amide bonds. The zero-order valence-electron chi connectivity index (χ0n) is 10.9. The summed E-state index contributed by atoms with van der Waals surface area (Å²) in [7, 11) is -0.690. The molecule has 0 bridgehead atoms. The molecule has 0 radical (unpaired) electrons. The third kappa shape index (κ3) is 6.31. The SMILES string of the molecule is CCCC(CS(=O)C(C)C(C)C)NCC. The Morgan fingerprint density at radius 1 is 1.20 bits per heavy atom. The maximum Gasteiger partial charge on any atom is 0.0391 e. The summed E-state index contributed by atoms with van der Waals surface area (Å²) in [4.78, 5) is 0. The highest BCUT2D eigenvalue weighted by molar-refractivity contribution is 7.85. The van der Waals surface area contributed by atoms with Crippen molar-refractivity contribution >= 4 is 10.8 Å². The van der Waals surface area contributed by atoms with Gasteiger partial charge in [0.05, 0.1) is 0 Å². The van der Waals surface area contributed by atoms with Crippen LogP contribution in [0.25, 0.3) is 0 Å². The van der Waals surface area contributed by atoms with Crippen molar-refractivity contribution in [2.45, 2.75) is 58.8 Å². The van der Waals surface area contributed by atoms with Gasteiger partial charge in [0, 0.05) is 27.8 Å². The molecule has 0 aliphatic rings. The molecule has 0 fully saturated rings. The van der Waals surface area contributed by atoms with Crippen molar-refractivity contribution in [3.63, 3.8) is 0 Å². The first kappa shape index (κ1) is 15.1. The Morgan fingerprint density at radius 3 is 2.20 bits per heavy atom. The van der Waals surface area contributed by atoms with Crippen molar-refractivity contribution in [3.8, 4) is 0 Å². The molecule has 0 saturated carbocycles. The van der Waals surface area contributed by atoms with Gasteiger partial charge < -0.3 is 5.32 Å². The van der Waals surface area contributed by atoms with Crippen LogP contribution >= 0.6 is 0 Å². The Morgan fingerprint density at radius 2 is 1.80 bits per heavy atom.